The molecule has 1 aliphatic heterocycles. The Morgan fingerprint density at radius 3 is 2.17 bits per heavy atom. The first-order valence-electron chi connectivity index (χ1n) is 6.83. The second-order valence-electron chi connectivity index (χ2n) is 8.05. The Hall–Kier alpha value is -0.339. The SMILES string of the molecule is C[Si]1(C)CN(c2cn([Si](C)(C)C)cn2)[Si](C)(C)C1. The van der Waals surface area contributed by atoms with Crippen LogP contribution in [0.1, 0.15) is 0 Å². The number of anilines is 1. The highest BCUT2D eigenvalue weighted by molar-refractivity contribution is 7.02. The van der Waals surface area contributed by atoms with Crippen molar-refractivity contribution < 1.29 is 0 Å². The minimum Gasteiger partial charge on any atom is -0.385 e. The summed E-state index contributed by atoms with van der Waals surface area (Å²) >= 11 is 0. The van der Waals surface area contributed by atoms with Gasteiger partial charge in [-0.3, -0.25) is 0 Å². The Balaban J connectivity index is 2.30. The molecule has 1 aliphatic rings. The maximum Gasteiger partial charge on any atom is 0.154 e. The topological polar surface area (TPSA) is 21.1 Å². The van der Waals surface area contributed by atoms with E-state index in [4.69, 9.17) is 4.98 Å². The van der Waals surface area contributed by atoms with Gasteiger partial charge in [-0.25, -0.2) is 4.98 Å². The van der Waals surface area contributed by atoms with Crippen LogP contribution >= 0.6 is 0 Å². The van der Waals surface area contributed by atoms with Gasteiger partial charge in [0.2, 0.25) is 0 Å². The molecule has 0 radical (unpaired) electrons. The lowest BCUT2D eigenvalue weighted by Crippen LogP contribution is -2.43. The van der Waals surface area contributed by atoms with Gasteiger partial charge < -0.3 is 8.80 Å². The highest BCUT2D eigenvalue weighted by Crippen LogP contribution is 2.35. The summed E-state index contributed by atoms with van der Waals surface area (Å²) in [7, 11) is -3.56. The Kier molecular flexibility index (Phi) is 3.19. The summed E-state index contributed by atoms with van der Waals surface area (Å²) in [6.07, 6.45) is 5.66. The molecule has 0 unspecified atom stereocenters. The van der Waals surface area contributed by atoms with Crippen LogP contribution in [0.2, 0.25) is 51.5 Å². The first-order valence-corrected chi connectivity index (χ1v) is 16.9. The van der Waals surface area contributed by atoms with Gasteiger partial charge in [-0.2, -0.15) is 0 Å². The zero-order valence-corrected chi connectivity index (χ0v) is 15.9. The quantitative estimate of drug-likeness (QED) is 0.780. The van der Waals surface area contributed by atoms with E-state index in [0.29, 0.717) is 0 Å². The fraction of sp³-hybridized carbons (Fsp3) is 0.750. The maximum atomic E-state index is 4.71. The Morgan fingerprint density at radius 1 is 1.17 bits per heavy atom. The van der Waals surface area contributed by atoms with Crippen LogP contribution in [-0.4, -0.2) is 39.9 Å². The summed E-state index contributed by atoms with van der Waals surface area (Å²) < 4.78 is 5.05. The molecule has 102 valence electrons. The summed E-state index contributed by atoms with van der Waals surface area (Å²) in [5.41, 5.74) is 1.50. The highest BCUT2D eigenvalue weighted by atomic mass is 28.4. The molecule has 0 bridgehead atoms. The fourth-order valence-corrected chi connectivity index (χ4v) is 19.4. The summed E-state index contributed by atoms with van der Waals surface area (Å²) in [6.45, 7) is 17.1. The van der Waals surface area contributed by atoms with Crippen LogP contribution in [-0.2, 0) is 0 Å². The van der Waals surface area contributed by atoms with Crippen molar-refractivity contribution in [3.8, 4) is 0 Å². The van der Waals surface area contributed by atoms with Gasteiger partial charge in [0.25, 0.3) is 0 Å². The van der Waals surface area contributed by atoms with E-state index < -0.39 is 24.5 Å². The van der Waals surface area contributed by atoms with Gasteiger partial charge in [-0.15, -0.1) is 0 Å². The third kappa shape index (κ3) is 2.65. The smallest absolute Gasteiger partial charge is 0.154 e. The van der Waals surface area contributed by atoms with Gasteiger partial charge in [-0.05, 0) is 5.67 Å². The van der Waals surface area contributed by atoms with Gasteiger partial charge in [0.05, 0.1) is 14.4 Å². The van der Waals surface area contributed by atoms with Crippen LogP contribution in [0.25, 0.3) is 0 Å². The van der Waals surface area contributed by atoms with Crippen LogP contribution < -0.4 is 4.57 Å². The summed E-state index contributed by atoms with van der Waals surface area (Å²) in [6, 6.07) is 0. The molecule has 3 nitrogen and oxygen atoms in total. The predicted octanol–water partition coefficient (Wildman–Crippen LogP) is 3.38. The second-order valence-corrected chi connectivity index (χ2v) is 23.1. The van der Waals surface area contributed by atoms with E-state index in [-0.39, 0.29) is 0 Å². The van der Waals surface area contributed by atoms with Gasteiger partial charge >= 0.3 is 0 Å². The Bertz CT molecular complexity index is 446. The maximum absolute atomic E-state index is 4.71. The van der Waals surface area contributed by atoms with E-state index in [1.807, 2.05) is 0 Å². The van der Waals surface area contributed by atoms with Crippen LogP contribution in [0.15, 0.2) is 12.5 Å². The summed E-state index contributed by atoms with van der Waals surface area (Å²) in [4.78, 5) is 4.71. The first kappa shape index (κ1) is 14.1. The first-order chi connectivity index (χ1) is 8.01. The van der Waals surface area contributed by atoms with Crippen molar-refractivity contribution in [1.82, 2.24) is 9.22 Å². The molecule has 2 heterocycles. The molecule has 0 N–H and O–H groups in total. The van der Waals surface area contributed by atoms with Crippen molar-refractivity contribution in [1.29, 1.82) is 0 Å². The second kappa shape index (κ2) is 4.08. The zero-order valence-electron chi connectivity index (χ0n) is 12.9. The highest BCUT2D eigenvalue weighted by Gasteiger charge is 2.46. The molecular weight excluding hydrogens is 270 g/mol. The molecule has 2 rings (SSSR count). The minimum absolute atomic E-state index is 1.01. The molecule has 1 aromatic heterocycles. The zero-order chi connectivity index (χ0) is 13.8. The largest absolute Gasteiger partial charge is 0.385 e. The normalized spacial score (nSPS) is 22.5. The molecule has 18 heavy (non-hydrogen) atoms. The van der Waals surface area contributed by atoms with E-state index in [9.17, 15) is 0 Å². The lowest BCUT2D eigenvalue weighted by atomic mass is 10.7. The number of rotatable bonds is 2. The lowest BCUT2D eigenvalue weighted by Gasteiger charge is -2.30. The van der Waals surface area contributed by atoms with Crippen LogP contribution in [0.3, 0.4) is 0 Å². The van der Waals surface area contributed by atoms with Crippen LogP contribution in [0.5, 0.6) is 0 Å². The average molecular weight is 298 g/mol. The van der Waals surface area contributed by atoms with Crippen LogP contribution in [0.4, 0.5) is 5.82 Å². The number of nitrogens with zero attached hydrogens (tertiary/aromatic N) is 3. The van der Waals surface area contributed by atoms with Crippen molar-refractivity contribution in [2.24, 2.45) is 0 Å². The monoisotopic (exact) mass is 297 g/mol. The number of hydrogen-bond acceptors (Lipinski definition) is 2. The van der Waals surface area contributed by atoms with E-state index in [1.165, 1.54) is 17.7 Å². The van der Waals surface area contributed by atoms with Gasteiger partial charge in [0.15, 0.2) is 8.24 Å². The van der Waals surface area contributed by atoms with E-state index in [0.717, 1.165) is 0 Å². The number of aromatic nitrogens is 2. The van der Waals surface area contributed by atoms with Crippen LogP contribution in [0, 0.1) is 0 Å². The Morgan fingerprint density at radius 2 is 1.78 bits per heavy atom. The molecule has 0 saturated carbocycles. The third-order valence-electron chi connectivity index (χ3n) is 3.85. The standard InChI is InChI=1S/C12H27N3Si3/c1-16(2,3)14-8-12(13-9-14)15-10-17(4,5)11-18(15,6)7/h8-9H,10-11H2,1-7H3. The van der Waals surface area contributed by atoms with Crippen molar-refractivity contribution in [3.05, 3.63) is 12.5 Å². The molecule has 0 spiro atoms. The Labute approximate surface area is 114 Å². The van der Waals surface area contributed by atoms with E-state index in [2.05, 4.69) is 67.2 Å². The molecule has 6 heteroatoms. The number of hydrogen-bond donors (Lipinski definition) is 0. The molecule has 1 aromatic rings. The van der Waals surface area contributed by atoms with Crippen molar-refractivity contribution in [2.75, 3.05) is 10.7 Å². The molecule has 1 saturated heterocycles. The molecule has 0 aromatic carbocycles. The molecule has 0 atom stereocenters. The molecule has 1 fully saturated rings. The summed E-state index contributed by atoms with van der Waals surface area (Å²) in [5, 5.41) is 0. The predicted molar refractivity (Wildman–Crippen MR) is 88.1 cm³/mol. The van der Waals surface area contributed by atoms with Crippen molar-refractivity contribution >= 4 is 30.4 Å². The minimum atomic E-state index is -1.29. The van der Waals surface area contributed by atoms with Crippen molar-refractivity contribution in [3.63, 3.8) is 0 Å². The van der Waals surface area contributed by atoms with E-state index in [1.54, 1.807) is 0 Å². The molecule has 0 aliphatic carbocycles. The average Bonchev–Trinajstić information content (AvgIpc) is 2.65. The van der Waals surface area contributed by atoms with Gasteiger partial charge in [-0.1, -0.05) is 45.8 Å². The van der Waals surface area contributed by atoms with Gasteiger partial charge in [0, 0.05) is 12.4 Å². The van der Waals surface area contributed by atoms with Gasteiger partial charge in [0.1, 0.15) is 14.1 Å². The number of imidazole rings is 1. The molecule has 0 amide bonds. The van der Waals surface area contributed by atoms with E-state index >= 15 is 0 Å². The fourth-order valence-electron chi connectivity index (χ4n) is 3.17. The summed E-state index contributed by atoms with van der Waals surface area (Å²) in [5.74, 6) is 1.24. The third-order valence-corrected chi connectivity index (χ3v) is 16.3. The van der Waals surface area contributed by atoms with Crippen molar-refractivity contribution in [2.45, 2.75) is 51.5 Å². The lowest BCUT2D eigenvalue weighted by molar-refractivity contribution is 1.12. The molecular formula is C12H27N3Si3.